The molecule has 0 amide bonds. The molecule has 2 N–H and O–H groups in total. The van der Waals surface area contributed by atoms with Crippen molar-refractivity contribution in [1.82, 2.24) is 9.97 Å². The molecule has 0 saturated heterocycles. The Morgan fingerprint density at radius 2 is 1.77 bits per heavy atom. The zero-order valence-electron chi connectivity index (χ0n) is 12.0. The molecule has 0 aliphatic heterocycles. The summed E-state index contributed by atoms with van der Waals surface area (Å²) in [7, 11) is -3.48. The average molecular weight is 320 g/mol. The molecule has 1 aromatic carbocycles. The Kier molecular flexibility index (Phi) is 4.84. The summed E-state index contributed by atoms with van der Waals surface area (Å²) in [5.41, 5.74) is 6.93. The molecule has 0 spiro atoms. The van der Waals surface area contributed by atoms with Gasteiger partial charge in [-0.25, -0.2) is 18.4 Å². The van der Waals surface area contributed by atoms with E-state index in [0.29, 0.717) is 11.3 Å². The summed E-state index contributed by atoms with van der Waals surface area (Å²) in [4.78, 5) is 19.1. The summed E-state index contributed by atoms with van der Waals surface area (Å²) in [6.07, 6.45) is 5.31. The Labute approximate surface area is 128 Å². The Morgan fingerprint density at radius 1 is 1.18 bits per heavy atom. The molecule has 0 atom stereocenters. The molecule has 1 heterocycles. The normalized spacial score (nSPS) is 11.2. The van der Waals surface area contributed by atoms with Crippen molar-refractivity contribution in [3.05, 3.63) is 54.1 Å². The Balaban J connectivity index is 2.27. The van der Waals surface area contributed by atoms with Crippen molar-refractivity contribution in [1.29, 1.82) is 0 Å². The van der Waals surface area contributed by atoms with E-state index in [1.807, 2.05) is 0 Å². The van der Waals surface area contributed by atoms with Gasteiger partial charge in [0.05, 0.1) is 37.4 Å². The molecular weight excluding hydrogens is 304 g/mol. The van der Waals surface area contributed by atoms with Gasteiger partial charge in [0.2, 0.25) is 10.0 Å². The van der Waals surface area contributed by atoms with Crippen molar-refractivity contribution in [2.24, 2.45) is 5.73 Å². The first-order valence-electron chi connectivity index (χ1n) is 6.46. The summed E-state index contributed by atoms with van der Waals surface area (Å²) in [6, 6.07) is 6.66. The minimum Gasteiger partial charge on any atom is -0.324 e. The van der Waals surface area contributed by atoms with Crippen molar-refractivity contribution in [2.75, 3.05) is 17.1 Å². The Morgan fingerprint density at radius 3 is 2.27 bits per heavy atom. The van der Waals surface area contributed by atoms with Crippen LogP contribution < -0.4 is 10.0 Å². The highest BCUT2D eigenvalue weighted by molar-refractivity contribution is 7.92. The first-order valence-corrected chi connectivity index (χ1v) is 8.31. The minimum absolute atomic E-state index is 0.0594. The summed E-state index contributed by atoms with van der Waals surface area (Å²) < 4.78 is 25.1. The van der Waals surface area contributed by atoms with Gasteiger partial charge in [0.25, 0.3) is 0 Å². The van der Waals surface area contributed by atoms with Gasteiger partial charge in [0.15, 0.2) is 5.78 Å². The lowest BCUT2D eigenvalue weighted by atomic mass is 10.1. The lowest BCUT2D eigenvalue weighted by Gasteiger charge is -2.21. The molecule has 0 bridgehead atoms. The molecule has 2 aromatic rings. The fourth-order valence-corrected chi connectivity index (χ4v) is 2.76. The summed E-state index contributed by atoms with van der Waals surface area (Å²) >= 11 is 0. The van der Waals surface area contributed by atoms with E-state index in [1.165, 1.54) is 23.0 Å². The van der Waals surface area contributed by atoms with Gasteiger partial charge in [-0.15, -0.1) is 0 Å². The largest absolute Gasteiger partial charge is 0.324 e. The van der Waals surface area contributed by atoms with E-state index in [0.717, 1.165) is 11.8 Å². The predicted molar refractivity (Wildman–Crippen MR) is 82.9 cm³/mol. The molecule has 0 saturated carbocycles. The van der Waals surface area contributed by atoms with Crippen LogP contribution in [-0.4, -0.2) is 37.0 Å². The van der Waals surface area contributed by atoms with E-state index in [-0.39, 0.29) is 18.9 Å². The van der Waals surface area contributed by atoms with Gasteiger partial charge in [-0.2, -0.15) is 0 Å². The number of nitrogens with zero attached hydrogens (tertiary/aromatic N) is 3. The number of ketones is 1. The van der Waals surface area contributed by atoms with Crippen LogP contribution in [0.4, 0.5) is 5.69 Å². The van der Waals surface area contributed by atoms with Crippen LogP contribution in [0, 0.1) is 0 Å². The lowest BCUT2D eigenvalue weighted by molar-refractivity contribution is 0.100. The zero-order chi connectivity index (χ0) is 16.2. The number of rotatable bonds is 6. The quantitative estimate of drug-likeness (QED) is 0.781. The number of carbonyl (C=O) groups excluding carboxylic acids is 1. The monoisotopic (exact) mass is 320 g/mol. The maximum Gasteiger partial charge on any atom is 0.232 e. The maximum atomic E-state index is 12.0. The smallest absolute Gasteiger partial charge is 0.232 e. The molecule has 0 aliphatic carbocycles. The fourth-order valence-electron chi connectivity index (χ4n) is 1.90. The molecule has 0 unspecified atom stereocenters. The van der Waals surface area contributed by atoms with Gasteiger partial charge >= 0.3 is 0 Å². The number of anilines is 1. The first kappa shape index (κ1) is 16.1. The number of sulfonamides is 1. The molecular formula is C14H16N4O3S. The fraction of sp³-hybridized carbons (Fsp3) is 0.214. The SMILES string of the molecule is CS(=O)(=O)N(Cc1ccc(C(=O)CN)cc1)c1cncnc1. The van der Waals surface area contributed by atoms with Gasteiger partial charge in [0.1, 0.15) is 6.33 Å². The summed E-state index contributed by atoms with van der Waals surface area (Å²) in [5, 5.41) is 0. The second kappa shape index (κ2) is 6.63. The van der Waals surface area contributed by atoms with Gasteiger partial charge in [-0.05, 0) is 5.56 Å². The van der Waals surface area contributed by atoms with Crippen molar-refractivity contribution >= 4 is 21.5 Å². The second-order valence-electron chi connectivity index (χ2n) is 4.69. The van der Waals surface area contributed by atoms with Crippen LogP contribution in [0.2, 0.25) is 0 Å². The van der Waals surface area contributed by atoms with E-state index in [9.17, 15) is 13.2 Å². The molecule has 2 rings (SSSR count). The lowest BCUT2D eigenvalue weighted by Crippen LogP contribution is -2.29. The molecule has 7 nitrogen and oxygen atoms in total. The highest BCUT2D eigenvalue weighted by Gasteiger charge is 2.18. The van der Waals surface area contributed by atoms with E-state index in [4.69, 9.17) is 5.73 Å². The van der Waals surface area contributed by atoms with Crippen LogP contribution in [0.5, 0.6) is 0 Å². The molecule has 0 aliphatic rings. The van der Waals surface area contributed by atoms with E-state index in [1.54, 1.807) is 24.3 Å². The number of Topliss-reactive ketones (excluding diaryl/α,β-unsaturated/α-hetero) is 1. The van der Waals surface area contributed by atoms with Crippen LogP contribution >= 0.6 is 0 Å². The summed E-state index contributed by atoms with van der Waals surface area (Å²) in [5.74, 6) is -0.164. The molecule has 0 fully saturated rings. The number of hydrogen-bond donors (Lipinski definition) is 1. The standard InChI is InChI=1S/C14H16N4O3S/c1-22(20,21)18(13-7-16-10-17-8-13)9-11-2-4-12(5-3-11)14(19)6-15/h2-5,7-8,10H,6,9,15H2,1H3. The third-order valence-corrected chi connectivity index (χ3v) is 4.16. The van der Waals surface area contributed by atoms with Crippen LogP contribution in [0.1, 0.15) is 15.9 Å². The third-order valence-electron chi connectivity index (χ3n) is 3.02. The van der Waals surface area contributed by atoms with Crippen molar-refractivity contribution in [3.63, 3.8) is 0 Å². The van der Waals surface area contributed by atoms with Crippen LogP contribution in [0.15, 0.2) is 43.0 Å². The van der Waals surface area contributed by atoms with E-state index in [2.05, 4.69) is 9.97 Å². The Hall–Kier alpha value is -2.32. The van der Waals surface area contributed by atoms with Crippen LogP contribution in [0.25, 0.3) is 0 Å². The number of aromatic nitrogens is 2. The van der Waals surface area contributed by atoms with E-state index >= 15 is 0 Å². The van der Waals surface area contributed by atoms with Crippen molar-refractivity contribution < 1.29 is 13.2 Å². The number of nitrogens with two attached hydrogens (primary N) is 1. The Bertz CT molecular complexity index is 745. The van der Waals surface area contributed by atoms with Gasteiger partial charge in [-0.3, -0.25) is 9.10 Å². The van der Waals surface area contributed by atoms with Gasteiger partial charge in [-0.1, -0.05) is 24.3 Å². The number of hydrogen-bond acceptors (Lipinski definition) is 6. The molecule has 22 heavy (non-hydrogen) atoms. The topological polar surface area (TPSA) is 106 Å². The molecule has 1 aromatic heterocycles. The second-order valence-corrected chi connectivity index (χ2v) is 6.60. The average Bonchev–Trinajstić information content (AvgIpc) is 2.52. The van der Waals surface area contributed by atoms with E-state index < -0.39 is 10.0 Å². The third kappa shape index (κ3) is 3.86. The maximum absolute atomic E-state index is 12.0. The summed E-state index contributed by atoms with van der Waals surface area (Å²) in [6.45, 7) is 0.0689. The predicted octanol–water partition coefficient (Wildman–Crippen LogP) is 0.584. The molecule has 8 heteroatoms. The van der Waals surface area contributed by atoms with Crippen molar-refractivity contribution in [2.45, 2.75) is 6.54 Å². The highest BCUT2D eigenvalue weighted by atomic mass is 32.2. The van der Waals surface area contributed by atoms with Crippen LogP contribution in [0.3, 0.4) is 0 Å². The molecule has 0 radical (unpaired) electrons. The number of carbonyl (C=O) groups is 1. The highest BCUT2D eigenvalue weighted by Crippen LogP contribution is 2.18. The molecule has 116 valence electrons. The van der Waals surface area contributed by atoms with Gasteiger partial charge < -0.3 is 5.73 Å². The zero-order valence-corrected chi connectivity index (χ0v) is 12.8. The number of benzene rings is 1. The first-order chi connectivity index (χ1) is 10.4. The van der Waals surface area contributed by atoms with Crippen molar-refractivity contribution in [3.8, 4) is 0 Å². The van der Waals surface area contributed by atoms with Crippen LogP contribution in [-0.2, 0) is 16.6 Å². The minimum atomic E-state index is -3.48. The van der Waals surface area contributed by atoms with Gasteiger partial charge in [0, 0.05) is 5.56 Å².